The molecule has 1 N–H and O–H groups in total. The highest BCUT2D eigenvalue weighted by Crippen LogP contribution is 2.20. The molecule has 0 saturated heterocycles. The molecule has 0 saturated carbocycles. The Bertz CT molecular complexity index is 263. The summed E-state index contributed by atoms with van der Waals surface area (Å²) in [5.74, 6) is 0. The Hall–Kier alpha value is -0.990. The molecule has 0 aromatic carbocycles. The fourth-order valence-electron chi connectivity index (χ4n) is 0.979. The minimum atomic E-state index is 0.357. The van der Waals surface area contributed by atoms with Crippen molar-refractivity contribution in [3.8, 4) is 0 Å². The summed E-state index contributed by atoms with van der Waals surface area (Å²) < 4.78 is 1.81. The molecule has 3 nitrogen and oxygen atoms in total. The van der Waals surface area contributed by atoms with Crippen LogP contribution in [0.15, 0.2) is 12.4 Å². The Morgan fingerprint density at radius 2 is 2.23 bits per heavy atom. The van der Waals surface area contributed by atoms with Crippen LogP contribution in [0.25, 0.3) is 0 Å². The van der Waals surface area contributed by atoms with Crippen molar-refractivity contribution >= 4 is 5.69 Å². The molecule has 0 bridgehead atoms. The zero-order valence-corrected chi connectivity index (χ0v) is 8.96. The van der Waals surface area contributed by atoms with Gasteiger partial charge < -0.3 is 5.32 Å². The second-order valence-corrected chi connectivity index (χ2v) is 4.27. The van der Waals surface area contributed by atoms with Gasteiger partial charge >= 0.3 is 0 Å². The summed E-state index contributed by atoms with van der Waals surface area (Å²) in [6, 6.07) is 0. The summed E-state index contributed by atoms with van der Waals surface area (Å²) in [6.45, 7) is 7.73. The highest BCUT2D eigenvalue weighted by molar-refractivity contribution is 5.38. The molecule has 0 spiro atoms. The summed E-state index contributed by atoms with van der Waals surface area (Å²) in [7, 11) is 1.93. The standard InChI is InChI=1S/C10H19N3/c1-5-10(2,3)8-11-9-6-12-13(4)7-9/h6-7,11H,5,8H2,1-4H3. The summed E-state index contributed by atoms with van der Waals surface area (Å²) in [4.78, 5) is 0. The van der Waals surface area contributed by atoms with E-state index < -0.39 is 0 Å². The lowest BCUT2D eigenvalue weighted by Gasteiger charge is -2.22. The first-order chi connectivity index (χ1) is 6.03. The molecule has 0 aliphatic heterocycles. The number of nitrogens with one attached hydrogen (secondary N) is 1. The summed E-state index contributed by atoms with van der Waals surface area (Å²) >= 11 is 0. The van der Waals surface area contributed by atoms with Gasteiger partial charge in [-0.3, -0.25) is 4.68 Å². The Balaban J connectivity index is 2.43. The van der Waals surface area contributed by atoms with Gasteiger partial charge in [-0.1, -0.05) is 20.8 Å². The number of rotatable bonds is 4. The van der Waals surface area contributed by atoms with Crippen LogP contribution >= 0.6 is 0 Å². The van der Waals surface area contributed by atoms with Crippen molar-refractivity contribution in [1.29, 1.82) is 0 Å². The van der Waals surface area contributed by atoms with Crippen molar-refractivity contribution in [3.05, 3.63) is 12.4 Å². The Kier molecular flexibility index (Phi) is 2.96. The molecule has 74 valence electrons. The van der Waals surface area contributed by atoms with Gasteiger partial charge in [0.2, 0.25) is 0 Å². The second kappa shape index (κ2) is 3.81. The van der Waals surface area contributed by atoms with Crippen molar-refractivity contribution in [2.45, 2.75) is 27.2 Å². The van der Waals surface area contributed by atoms with Crippen LogP contribution in [-0.2, 0) is 7.05 Å². The smallest absolute Gasteiger partial charge is 0.0726 e. The van der Waals surface area contributed by atoms with Crippen LogP contribution < -0.4 is 5.32 Å². The van der Waals surface area contributed by atoms with Crippen molar-refractivity contribution < 1.29 is 0 Å². The van der Waals surface area contributed by atoms with Crippen LogP contribution in [0.1, 0.15) is 27.2 Å². The first kappa shape index (κ1) is 10.1. The minimum absolute atomic E-state index is 0.357. The number of aromatic nitrogens is 2. The van der Waals surface area contributed by atoms with E-state index in [0.717, 1.165) is 12.2 Å². The fourth-order valence-corrected chi connectivity index (χ4v) is 0.979. The summed E-state index contributed by atoms with van der Waals surface area (Å²) in [6.07, 6.45) is 5.03. The SMILES string of the molecule is CCC(C)(C)CNc1cnn(C)c1. The first-order valence-corrected chi connectivity index (χ1v) is 4.76. The monoisotopic (exact) mass is 181 g/mol. The van der Waals surface area contributed by atoms with Gasteiger partial charge in [-0.2, -0.15) is 5.10 Å². The third-order valence-corrected chi connectivity index (χ3v) is 2.43. The Morgan fingerprint density at radius 1 is 1.54 bits per heavy atom. The summed E-state index contributed by atoms with van der Waals surface area (Å²) in [5, 5.41) is 7.47. The zero-order chi connectivity index (χ0) is 9.90. The number of anilines is 1. The van der Waals surface area contributed by atoms with E-state index in [2.05, 4.69) is 31.2 Å². The maximum absolute atomic E-state index is 4.10. The van der Waals surface area contributed by atoms with Crippen molar-refractivity contribution in [2.24, 2.45) is 12.5 Å². The van der Waals surface area contributed by atoms with Gasteiger partial charge in [0.25, 0.3) is 0 Å². The molecule has 1 rings (SSSR count). The van der Waals surface area contributed by atoms with E-state index in [9.17, 15) is 0 Å². The molecule has 0 fully saturated rings. The lowest BCUT2D eigenvalue weighted by molar-refractivity contribution is 0.377. The van der Waals surface area contributed by atoms with E-state index in [0.29, 0.717) is 5.41 Å². The van der Waals surface area contributed by atoms with Gasteiger partial charge in [-0.15, -0.1) is 0 Å². The number of aryl methyl sites for hydroxylation is 1. The molecular formula is C10H19N3. The van der Waals surface area contributed by atoms with Crippen molar-refractivity contribution in [3.63, 3.8) is 0 Å². The molecule has 1 heterocycles. The topological polar surface area (TPSA) is 29.9 Å². The quantitative estimate of drug-likeness (QED) is 0.772. The van der Waals surface area contributed by atoms with Crippen LogP contribution in [-0.4, -0.2) is 16.3 Å². The molecule has 13 heavy (non-hydrogen) atoms. The zero-order valence-electron chi connectivity index (χ0n) is 8.96. The molecule has 3 heteroatoms. The van der Waals surface area contributed by atoms with Gasteiger partial charge in [-0.05, 0) is 11.8 Å². The first-order valence-electron chi connectivity index (χ1n) is 4.76. The third-order valence-electron chi connectivity index (χ3n) is 2.43. The van der Waals surface area contributed by atoms with Crippen molar-refractivity contribution in [2.75, 3.05) is 11.9 Å². The van der Waals surface area contributed by atoms with Crippen LogP contribution in [0.5, 0.6) is 0 Å². The predicted octanol–water partition coefficient (Wildman–Crippen LogP) is 2.27. The fraction of sp³-hybridized carbons (Fsp3) is 0.700. The maximum Gasteiger partial charge on any atom is 0.0726 e. The van der Waals surface area contributed by atoms with E-state index in [-0.39, 0.29) is 0 Å². The minimum Gasteiger partial charge on any atom is -0.382 e. The maximum atomic E-state index is 4.10. The summed E-state index contributed by atoms with van der Waals surface area (Å²) in [5.41, 5.74) is 1.46. The van der Waals surface area contributed by atoms with Gasteiger partial charge in [0, 0.05) is 19.8 Å². The highest BCUT2D eigenvalue weighted by Gasteiger charge is 2.14. The Labute approximate surface area is 80.1 Å². The van der Waals surface area contributed by atoms with E-state index in [1.165, 1.54) is 6.42 Å². The molecule has 0 radical (unpaired) electrons. The second-order valence-electron chi connectivity index (χ2n) is 4.27. The van der Waals surface area contributed by atoms with E-state index in [1.54, 1.807) is 4.68 Å². The molecule has 0 aliphatic carbocycles. The van der Waals surface area contributed by atoms with E-state index in [1.807, 2.05) is 19.4 Å². The van der Waals surface area contributed by atoms with E-state index >= 15 is 0 Å². The van der Waals surface area contributed by atoms with Crippen LogP contribution in [0.3, 0.4) is 0 Å². The van der Waals surface area contributed by atoms with Gasteiger partial charge in [0.05, 0.1) is 11.9 Å². The lowest BCUT2D eigenvalue weighted by atomic mass is 9.90. The Morgan fingerprint density at radius 3 is 2.69 bits per heavy atom. The molecule has 0 aliphatic rings. The molecule has 1 aromatic heterocycles. The molecular weight excluding hydrogens is 162 g/mol. The van der Waals surface area contributed by atoms with Crippen LogP contribution in [0, 0.1) is 5.41 Å². The average molecular weight is 181 g/mol. The number of nitrogens with zero attached hydrogens (tertiary/aromatic N) is 2. The average Bonchev–Trinajstić information content (AvgIpc) is 2.48. The van der Waals surface area contributed by atoms with Gasteiger partial charge in [0.1, 0.15) is 0 Å². The number of hydrogen-bond donors (Lipinski definition) is 1. The molecule has 0 atom stereocenters. The van der Waals surface area contributed by atoms with Crippen molar-refractivity contribution in [1.82, 2.24) is 9.78 Å². The molecule has 0 amide bonds. The van der Waals surface area contributed by atoms with Crippen LogP contribution in [0.2, 0.25) is 0 Å². The van der Waals surface area contributed by atoms with E-state index in [4.69, 9.17) is 0 Å². The predicted molar refractivity (Wildman–Crippen MR) is 55.8 cm³/mol. The lowest BCUT2D eigenvalue weighted by Crippen LogP contribution is -2.21. The van der Waals surface area contributed by atoms with Crippen LogP contribution in [0.4, 0.5) is 5.69 Å². The third kappa shape index (κ3) is 3.09. The van der Waals surface area contributed by atoms with Gasteiger partial charge in [-0.25, -0.2) is 0 Å². The largest absolute Gasteiger partial charge is 0.382 e. The normalized spacial score (nSPS) is 11.7. The number of hydrogen-bond acceptors (Lipinski definition) is 2. The molecule has 0 unspecified atom stereocenters. The highest BCUT2D eigenvalue weighted by atomic mass is 15.3. The molecule has 1 aromatic rings. The van der Waals surface area contributed by atoms with Gasteiger partial charge in [0.15, 0.2) is 0 Å².